The van der Waals surface area contributed by atoms with Crippen molar-refractivity contribution in [2.24, 2.45) is 0 Å². The van der Waals surface area contributed by atoms with Gasteiger partial charge in [-0.3, -0.25) is 4.79 Å². The van der Waals surface area contributed by atoms with E-state index in [0.717, 1.165) is 33.5 Å². The lowest BCUT2D eigenvalue weighted by atomic mass is 9.86. The van der Waals surface area contributed by atoms with Crippen molar-refractivity contribution >= 4 is 57.0 Å². The molecule has 3 heterocycles. The first kappa shape index (κ1) is 19.9. The molecule has 0 unspecified atom stereocenters. The number of aromatic nitrogens is 2. The number of nitrogens with zero attached hydrogens (tertiary/aromatic N) is 2. The third kappa shape index (κ3) is 3.41. The molecule has 0 saturated heterocycles. The molecule has 5 rings (SSSR count). The van der Waals surface area contributed by atoms with E-state index in [2.05, 4.69) is 32.0 Å². The second-order valence-electron chi connectivity index (χ2n) is 8.22. The summed E-state index contributed by atoms with van der Waals surface area (Å²) in [5.41, 5.74) is 4.58. The Bertz CT molecular complexity index is 1430. The largest absolute Gasteiger partial charge is 0.361 e. The van der Waals surface area contributed by atoms with Crippen LogP contribution in [0.15, 0.2) is 54.7 Å². The highest BCUT2D eigenvalue weighted by atomic mass is 35.5. The van der Waals surface area contributed by atoms with E-state index in [1.807, 2.05) is 62.5 Å². The topological polar surface area (TPSA) is 106 Å². The smallest absolute Gasteiger partial charge is 0.234 e. The molecule has 7 nitrogen and oxygen atoms in total. The van der Waals surface area contributed by atoms with Crippen LogP contribution in [-0.2, 0) is 10.2 Å². The number of anilines is 5. The lowest BCUT2D eigenvalue weighted by Gasteiger charge is -2.15. The number of aromatic amines is 1. The Balaban J connectivity index is 1.44. The van der Waals surface area contributed by atoms with Crippen LogP contribution in [0.5, 0.6) is 0 Å². The lowest BCUT2D eigenvalue weighted by molar-refractivity contribution is -0.119. The summed E-state index contributed by atoms with van der Waals surface area (Å²) < 4.78 is 0. The fraction of sp³-hybridized carbons (Fsp3) is 0.125. The van der Waals surface area contributed by atoms with Crippen molar-refractivity contribution in [3.8, 4) is 6.07 Å². The van der Waals surface area contributed by atoms with Crippen molar-refractivity contribution in [2.45, 2.75) is 19.3 Å². The third-order valence-corrected chi connectivity index (χ3v) is 5.94. The molecule has 4 aromatic rings. The highest BCUT2D eigenvalue weighted by molar-refractivity contribution is 6.35. The number of fused-ring (bicyclic) bond motifs is 2. The maximum Gasteiger partial charge on any atom is 0.234 e. The molecular weight excluding hydrogens is 424 g/mol. The Labute approximate surface area is 189 Å². The summed E-state index contributed by atoms with van der Waals surface area (Å²) in [6, 6.07) is 17.0. The van der Waals surface area contributed by atoms with Gasteiger partial charge in [0.1, 0.15) is 17.6 Å². The molecule has 158 valence electrons. The first-order chi connectivity index (χ1) is 15.3. The van der Waals surface area contributed by atoms with Crippen molar-refractivity contribution in [1.82, 2.24) is 9.97 Å². The van der Waals surface area contributed by atoms with Gasteiger partial charge in [-0.1, -0.05) is 17.7 Å². The van der Waals surface area contributed by atoms with E-state index >= 15 is 0 Å². The van der Waals surface area contributed by atoms with E-state index in [1.54, 1.807) is 6.07 Å². The van der Waals surface area contributed by atoms with Crippen LogP contribution in [0, 0.1) is 11.3 Å². The van der Waals surface area contributed by atoms with Crippen molar-refractivity contribution in [3.63, 3.8) is 0 Å². The maximum atomic E-state index is 12.2. The first-order valence-electron chi connectivity index (χ1n) is 10.0. The molecule has 0 bridgehead atoms. The molecule has 0 spiro atoms. The third-order valence-electron chi connectivity index (χ3n) is 5.63. The van der Waals surface area contributed by atoms with Crippen LogP contribution in [0.4, 0.5) is 28.6 Å². The van der Waals surface area contributed by atoms with Crippen LogP contribution < -0.4 is 16.0 Å². The molecule has 1 aliphatic rings. The molecule has 0 saturated carbocycles. The summed E-state index contributed by atoms with van der Waals surface area (Å²) in [7, 11) is 0. The molecule has 0 radical (unpaired) electrons. The molecule has 0 fully saturated rings. The van der Waals surface area contributed by atoms with E-state index in [-0.39, 0.29) is 11.6 Å². The zero-order valence-electron chi connectivity index (χ0n) is 17.4. The Morgan fingerprint density at radius 2 is 1.84 bits per heavy atom. The number of pyridine rings is 1. The Morgan fingerprint density at radius 3 is 2.66 bits per heavy atom. The van der Waals surface area contributed by atoms with Gasteiger partial charge in [0.05, 0.1) is 10.4 Å². The minimum Gasteiger partial charge on any atom is -0.361 e. The zero-order chi connectivity index (χ0) is 22.5. The average molecular weight is 443 g/mol. The van der Waals surface area contributed by atoms with Crippen LogP contribution in [0.1, 0.15) is 25.1 Å². The Kier molecular flexibility index (Phi) is 4.54. The fourth-order valence-corrected chi connectivity index (χ4v) is 4.19. The monoisotopic (exact) mass is 442 g/mol. The molecular formula is C24H19ClN6O. The van der Waals surface area contributed by atoms with Gasteiger partial charge in [-0.15, -0.1) is 0 Å². The number of carbonyl (C=O) groups is 1. The number of rotatable bonds is 4. The number of amides is 1. The van der Waals surface area contributed by atoms with E-state index in [0.29, 0.717) is 16.5 Å². The highest BCUT2D eigenvalue weighted by Gasteiger charge is 2.38. The van der Waals surface area contributed by atoms with Crippen LogP contribution in [0.3, 0.4) is 0 Å². The number of nitrogens with one attached hydrogen (secondary N) is 4. The normalized spacial score (nSPS) is 14.0. The highest BCUT2D eigenvalue weighted by Crippen LogP contribution is 2.39. The average Bonchev–Trinajstić information content (AvgIpc) is 3.30. The molecule has 1 aliphatic heterocycles. The van der Waals surface area contributed by atoms with Crippen molar-refractivity contribution in [2.75, 3.05) is 16.0 Å². The fourth-order valence-electron chi connectivity index (χ4n) is 3.90. The Hall–Kier alpha value is -4.02. The number of benzene rings is 2. The van der Waals surface area contributed by atoms with Crippen LogP contribution in [-0.4, -0.2) is 15.9 Å². The molecule has 8 heteroatoms. The molecule has 2 aromatic heterocycles. The molecule has 0 aliphatic carbocycles. The minimum absolute atomic E-state index is 0.0236. The quantitative estimate of drug-likeness (QED) is 0.319. The number of H-pyrrole nitrogens is 1. The van der Waals surface area contributed by atoms with Gasteiger partial charge in [0.15, 0.2) is 0 Å². The first-order valence-corrected chi connectivity index (χ1v) is 10.4. The van der Waals surface area contributed by atoms with Crippen LogP contribution in [0.2, 0.25) is 5.02 Å². The van der Waals surface area contributed by atoms with Gasteiger partial charge in [0.2, 0.25) is 5.91 Å². The van der Waals surface area contributed by atoms with Crippen molar-refractivity contribution in [3.05, 3.63) is 71.0 Å². The van der Waals surface area contributed by atoms with Gasteiger partial charge in [0.25, 0.3) is 0 Å². The number of halogens is 1. The van der Waals surface area contributed by atoms with E-state index < -0.39 is 5.41 Å². The summed E-state index contributed by atoms with van der Waals surface area (Å²) >= 11 is 6.37. The summed E-state index contributed by atoms with van der Waals surface area (Å²) in [5, 5.41) is 20.4. The summed E-state index contributed by atoms with van der Waals surface area (Å²) in [5.74, 6) is 0.480. The van der Waals surface area contributed by atoms with Crippen molar-refractivity contribution in [1.29, 1.82) is 5.26 Å². The molecule has 32 heavy (non-hydrogen) atoms. The van der Waals surface area contributed by atoms with Gasteiger partial charge >= 0.3 is 0 Å². The summed E-state index contributed by atoms with van der Waals surface area (Å²) in [6.07, 6.45) is 1.83. The maximum absolute atomic E-state index is 12.2. The standard InChI is InChI=1S/C24H19ClN6O/c1-24(2)18-4-3-13(9-21(18)31-23(24)32)28-14-7-16(12-26)30-22(11-14)29-15-8-19(25)17-5-6-27-20(17)10-15/h3-11,27H,1-2H3,(H,31,32)(H2,28,29,30). The minimum atomic E-state index is -0.558. The Morgan fingerprint density at radius 1 is 1.03 bits per heavy atom. The zero-order valence-corrected chi connectivity index (χ0v) is 18.1. The SMILES string of the molecule is CC1(C)C(=O)Nc2cc(Nc3cc(C#N)nc(Nc4cc(Cl)c5cc[nH]c5c4)c3)ccc21. The van der Waals surface area contributed by atoms with Gasteiger partial charge in [-0.25, -0.2) is 4.98 Å². The second kappa shape index (κ2) is 7.29. The molecule has 1 amide bonds. The summed E-state index contributed by atoms with van der Waals surface area (Å²) in [6.45, 7) is 3.80. The van der Waals surface area contributed by atoms with Crippen LogP contribution >= 0.6 is 11.6 Å². The molecule has 4 N–H and O–H groups in total. The summed E-state index contributed by atoms with van der Waals surface area (Å²) in [4.78, 5) is 19.7. The molecule has 0 atom stereocenters. The number of hydrogen-bond donors (Lipinski definition) is 4. The van der Waals surface area contributed by atoms with Gasteiger partial charge in [-0.2, -0.15) is 5.26 Å². The van der Waals surface area contributed by atoms with Gasteiger partial charge in [-0.05, 0) is 55.8 Å². The predicted octanol–water partition coefficient (Wildman–Crippen LogP) is 5.80. The van der Waals surface area contributed by atoms with E-state index in [9.17, 15) is 10.1 Å². The number of nitriles is 1. The second-order valence-corrected chi connectivity index (χ2v) is 8.63. The van der Waals surface area contributed by atoms with E-state index in [4.69, 9.17) is 11.6 Å². The van der Waals surface area contributed by atoms with E-state index in [1.165, 1.54) is 0 Å². The predicted molar refractivity (Wildman–Crippen MR) is 127 cm³/mol. The van der Waals surface area contributed by atoms with Gasteiger partial charge in [0, 0.05) is 45.9 Å². The lowest BCUT2D eigenvalue weighted by Crippen LogP contribution is -2.26. The molecule has 2 aromatic carbocycles. The van der Waals surface area contributed by atoms with Crippen LogP contribution in [0.25, 0.3) is 10.9 Å². The number of carbonyl (C=O) groups excluding carboxylic acids is 1. The van der Waals surface area contributed by atoms with Crippen molar-refractivity contribution < 1.29 is 4.79 Å². The van der Waals surface area contributed by atoms with Gasteiger partial charge < -0.3 is 20.9 Å². The number of hydrogen-bond acceptors (Lipinski definition) is 5.